The third kappa shape index (κ3) is 8.81. The fourth-order valence-corrected chi connectivity index (χ4v) is 5.59. The van der Waals surface area contributed by atoms with Gasteiger partial charge in [0, 0.05) is 18.2 Å². The molecule has 1 aromatic heterocycles. The van der Waals surface area contributed by atoms with Crippen molar-refractivity contribution in [3.05, 3.63) is 103 Å². The van der Waals surface area contributed by atoms with Gasteiger partial charge in [-0.2, -0.15) is 0 Å². The predicted octanol–water partition coefficient (Wildman–Crippen LogP) is 5.59. The maximum Gasteiger partial charge on any atom is 0.330 e. The largest absolute Gasteiger partial charge is 0.462 e. The molecule has 1 saturated heterocycles. The van der Waals surface area contributed by atoms with Crippen LogP contribution in [0.5, 0.6) is 0 Å². The van der Waals surface area contributed by atoms with Gasteiger partial charge in [-0.3, -0.25) is 23.9 Å². The normalized spacial score (nSPS) is 19.4. The lowest BCUT2D eigenvalue weighted by atomic mass is 9.97. The van der Waals surface area contributed by atoms with Crippen molar-refractivity contribution in [3.8, 4) is 0 Å². The van der Waals surface area contributed by atoms with E-state index in [9.17, 15) is 19.2 Å². The summed E-state index contributed by atoms with van der Waals surface area (Å²) < 4.78 is 19.1. The van der Waals surface area contributed by atoms with E-state index in [2.05, 4.69) is 32.7 Å². The zero-order chi connectivity index (χ0) is 32.8. The monoisotopic (exact) mass is 618 g/mol. The summed E-state index contributed by atoms with van der Waals surface area (Å²) in [6.45, 7) is 13.6. The summed E-state index contributed by atoms with van der Waals surface area (Å²) in [6, 6.07) is 15.9. The molecule has 0 saturated carbocycles. The smallest absolute Gasteiger partial charge is 0.330 e. The molecule has 242 valence electrons. The molecule has 1 fully saturated rings. The van der Waals surface area contributed by atoms with Gasteiger partial charge in [-0.15, -0.1) is 0 Å². The van der Waals surface area contributed by atoms with E-state index < -0.39 is 53.5 Å². The van der Waals surface area contributed by atoms with Gasteiger partial charge in [0.05, 0.1) is 11.8 Å². The summed E-state index contributed by atoms with van der Waals surface area (Å²) in [5.41, 5.74) is 3.29. The summed E-state index contributed by atoms with van der Waals surface area (Å²) in [4.78, 5) is 53.3. The van der Waals surface area contributed by atoms with Gasteiger partial charge in [-0.05, 0) is 67.7 Å². The molecule has 0 amide bonds. The Morgan fingerprint density at radius 1 is 0.844 bits per heavy atom. The van der Waals surface area contributed by atoms with E-state index in [0.717, 1.165) is 24.0 Å². The average molecular weight is 619 g/mol. The summed E-state index contributed by atoms with van der Waals surface area (Å²) in [5, 5.41) is 0. The molecule has 0 spiro atoms. The fraction of sp³-hybridized carbons (Fsp3) is 0.500. The first-order chi connectivity index (χ1) is 21.3. The Bertz CT molecular complexity index is 1570. The Morgan fingerprint density at radius 3 is 1.87 bits per heavy atom. The molecular weight excluding hydrogens is 572 g/mol. The van der Waals surface area contributed by atoms with Crippen LogP contribution < -0.4 is 11.2 Å². The van der Waals surface area contributed by atoms with Crippen molar-refractivity contribution in [2.45, 2.75) is 98.0 Å². The van der Waals surface area contributed by atoms with Crippen molar-refractivity contribution in [3.63, 3.8) is 0 Å². The molecule has 0 radical (unpaired) electrons. The Balaban J connectivity index is 1.47. The highest BCUT2D eigenvalue weighted by Gasteiger charge is 2.41. The van der Waals surface area contributed by atoms with Crippen LogP contribution >= 0.6 is 0 Å². The number of benzene rings is 2. The molecule has 1 N–H and O–H groups in total. The Morgan fingerprint density at radius 2 is 1.36 bits per heavy atom. The topological polar surface area (TPSA) is 117 Å². The van der Waals surface area contributed by atoms with Gasteiger partial charge in [-0.25, -0.2) is 4.79 Å². The number of nitrogens with one attached hydrogen (secondary N) is 1. The lowest BCUT2D eigenvalue weighted by Gasteiger charge is -2.22. The Kier molecular flexibility index (Phi) is 11.2. The Hall–Kier alpha value is -3.98. The second-order valence-electron chi connectivity index (χ2n) is 13.1. The van der Waals surface area contributed by atoms with Crippen LogP contribution in [0.4, 0.5) is 0 Å². The van der Waals surface area contributed by atoms with Crippen molar-refractivity contribution >= 4 is 11.9 Å². The molecule has 5 atom stereocenters. The van der Waals surface area contributed by atoms with Crippen LogP contribution in [0.15, 0.2) is 64.3 Å². The molecule has 9 heteroatoms. The molecule has 1 aliphatic rings. The molecule has 3 aromatic rings. The maximum absolute atomic E-state index is 13.3. The van der Waals surface area contributed by atoms with Crippen LogP contribution in [-0.4, -0.2) is 40.3 Å². The fourth-order valence-electron chi connectivity index (χ4n) is 5.59. The molecule has 0 aliphatic carbocycles. The molecule has 2 aromatic carbocycles. The number of esters is 2. The van der Waals surface area contributed by atoms with E-state index in [1.807, 2.05) is 48.5 Å². The molecule has 1 aliphatic heterocycles. The SMILES string of the molecule is Cc1cn([C@H]2C[C@H](OC(=O)[C@@H](C)c3ccc(CC(C)C)cc3)[C@@H](COC(=O)[C@@H](C)c3ccc(CC(C)C)cc3)O2)c(=O)[nH]c1=O. The number of H-pyrrole nitrogens is 1. The number of ether oxygens (including phenoxy) is 3. The van der Waals surface area contributed by atoms with Crippen LogP contribution in [0.2, 0.25) is 0 Å². The predicted molar refractivity (Wildman–Crippen MR) is 172 cm³/mol. The molecule has 0 bridgehead atoms. The highest BCUT2D eigenvalue weighted by molar-refractivity contribution is 5.78. The van der Waals surface area contributed by atoms with E-state index in [0.29, 0.717) is 17.4 Å². The first-order valence-corrected chi connectivity index (χ1v) is 15.8. The zero-order valence-electron chi connectivity index (χ0n) is 27.4. The van der Waals surface area contributed by atoms with Crippen molar-refractivity contribution < 1.29 is 23.8 Å². The molecule has 45 heavy (non-hydrogen) atoms. The van der Waals surface area contributed by atoms with Gasteiger partial charge in [0.2, 0.25) is 0 Å². The second-order valence-corrected chi connectivity index (χ2v) is 13.1. The summed E-state index contributed by atoms with van der Waals surface area (Å²) in [5.74, 6) is -0.884. The number of aryl methyl sites for hydroxylation is 1. The summed E-state index contributed by atoms with van der Waals surface area (Å²) in [6.07, 6.45) is 1.04. The number of hydrogen-bond acceptors (Lipinski definition) is 7. The molecule has 0 unspecified atom stereocenters. The third-order valence-electron chi connectivity index (χ3n) is 8.25. The standard InChI is InChI=1S/C36H46N2O7/c1-21(2)16-26-8-12-28(13-9-26)24(6)34(40)43-20-31-30(18-32(44-31)38-19-23(5)33(39)37-36(38)42)45-35(41)25(7)29-14-10-27(11-15-29)17-22(3)4/h8-15,19,21-22,24-25,30-32H,16-18,20H2,1-7H3,(H,37,39,42)/t24-,25-,30-,31+,32+/m0/s1. The molecule has 2 heterocycles. The van der Waals surface area contributed by atoms with E-state index in [1.54, 1.807) is 20.8 Å². The van der Waals surface area contributed by atoms with Crippen molar-refractivity contribution in [1.82, 2.24) is 9.55 Å². The van der Waals surface area contributed by atoms with Gasteiger partial charge >= 0.3 is 17.6 Å². The quantitative estimate of drug-likeness (QED) is 0.263. The van der Waals surface area contributed by atoms with Gasteiger partial charge in [0.25, 0.3) is 5.56 Å². The summed E-state index contributed by atoms with van der Waals surface area (Å²) >= 11 is 0. The third-order valence-corrected chi connectivity index (χ3v) is 8.25. The van der Waals surface area contributed by atoms with Gasteiger partial charge in [-0.1, -0.05) is 76.2 Å². The van der Waals surface area contributed by atoms with Crippen LogP contribution in [-0.2, 0) is 36.6 Å². The lowest BCUT2D eigenvalue weighted by molar-refractivity contribution is -0.159. The number of carbonyl (C=O) groups excluding carboxylic acids is 2. The minimum Gasteiger partial charge on any atom is -0.462 e. The highest BCUT2D eigenvalue weighted by Crippen LogP contribution is 2.32. The minimum absolute atomic E-state index is 0.145. The average Bonchev–Trinajstić information content (AvgIpc) is 3.39. The zero-order valence-corrected chi connectivity index (χ0v) is 27.4. The van der Waals surface area contributed by atoms with Crippen molar-refractivity contribution in [2.75, 3.05) is 6.61 Å². The van der Waals surface area contributed by atoms with E-state index >= 15 is 0 Å². The highest BCUT2D eigenvalue weighted by atomic mass is 16.6. The Labute approximate surface area is 264 Å². The lowest BCUT2D eigenvalue weighted by Crippen LogP contribution is -2.34. The van der Waals surface area contributed by atoms with Gasteiger partial charge < -0.3 is 14.2 Å². The van der Waals surface area contributed by atoms with Crippen molar-refractivity contribution in [1.29, 1.82) is 0 Å². The van der Waals surface area contributed by atoms with Crippen LogP contribution in [0, 0.1) is 18.8 Å². The second kappa shape index (κ2) is 14.9. The van der Waals surface area contributed by atoms with Gasteiger partial charge in [0.15, 0.2) is 0 Å². The van der Waals surface area contributed by atoms with Crippen LogP contribution in [0.1, 0.15) is 93.8 Å². The number of nitrogens with zero attached hydrogens (tertiary/aromatic N) is 1. The van der Waals surface area contributed by atoms with Crippen LogP contribution in [0.3, 0.4) is 0 Å². The maximum atomic E-state index is 13.3. The van der Waals surface area contributed by atoms with E-state index in [-0.39, 0.29) is 13.0 Å². The first kappa shape index (κ1) is 33.9. The van der Waals surface area contributed by atoms with Crippen LogP contribution in [0.25, 0.3) is 0 Å². The number of aromatic amines is 1. The number of hydrogen-bond donors (Lipinski definition) is 1. The first-order valence-electron chi connectivity index (χ1n) is 15.8. The van der Waals surface area contributed by atoms with Gasteiger partial charge in [0.1, 0.15) is 25.0 Å². The molecule has 4 rings (SSSR count). The van der Waals surface area contributed by atoms with Crippen molar-refractivity contribution in [2.24, 2.45) is 11.8 Å². The van der Waals surface area contributed by atoms with E-state index in [4.69, 9.17) is 14.2 Å². The number of aromatic nitrogens is 2. The number of rotatable bonds is 12. The minimum atomic E-state index is -0.828. The summed E-state index contributed by atoms with van der Waals surface area (Å²) in [7, 11) is 0. The molecule has 9 nitrogen and oxygen atoms in total. The number of carbonyl (C=O) groups is 2. The molecular formula is C36H46N2O7. The van der Waals surface area contributed by atoms with E-state index in [1.165, 1.54) is 21.9 Å².